The second-order valence-electron chi connectivity index (χ2n) is 9.74. The monoisotopic (exact) mass is 446 g/mol. The number of hydrogen-bond donors (Lipinski definition) is 2. The first-order valence-electron chi connectivity index (χ1n) is 12.3. The van der Waals surface area contributed by atoms with E-state index >= 15 is 0 Å². The highest BCUT2D eigenvalue weighted by Gasteiger charge is 2.21. The molecule has 3 aromatic rings. The van der Waals surface area contributed by atoms with E-state index in [9.17, 15) is 0 Å². The number of ether oxygens (including phenoxy) is 1. The summed E-state index contributed by atoms with van der Waals surface area (Å²) in [6, 6.07) is 19.5. The van der Waals surface area contributed by atoms with Gasteiger partial charge >= 0.3 is 0 Å². The summed E-state index contributed by atoms with van der Waals surface area (Å²) in [6.07, 6.45) is 5.10. The zero-order valence-electron chi connectivity index (χ0n) is 20.5. The van der Waals surface area contributed by atoms with Gasteiger partial charge in [0, 0.05) is 43.8 Å². The van der Waals surface area contributed by atoms with Crippen molar-refractivity contribution in [3.05, 3.63) is 60.2 Å². The molecule has 2 N–H and O–H groups in total. The van der Waals surface area contributed by atoms with Crippen molar-refractivity contribution in [2.75, 3.05) is 30.9 Å². The predicted molar refractivity (Wildman–Crippen MR) is 139 cm³/mol. The zero-order chi connectivity index (χ0) is 23.2. The second kappa shape index (κ2) is 10.9. The van der Waals surface area contributed by atoms with Crippen LogP contribution in [0.25, 0.3) is 10.9 Å². The van der Waals surface area contributed by atoms with Crippen LogP contribution in [0.3, 0.4) is 0 Å². The Labute approximate surface area is 198 Å². The minimum atomic E-state index is 0.214. The van der Waals surface area contributed by atoms with E-state index in [2.05, 4.69) is 98.1 Å². The average Bonchev–Trinajstić information content (AvgIpc) is 2.80. The van der Waals surface area contributed by atoms with E-state index < -0.39 is 0 Å². The lowest BCUT2D eigenvalue weighted by atomic mass is 9.86. The van der Waals surface area contributed by atoms with Crippen molar-refractivity contribution in [3.8, 4) is 5.75 Å². The third kappa shape index (κ3) is 6.38. The minimum absolute atomic E-state index is 0.214. The summed E-state index contributed by atoms with van der Waals surface area (Å²) >= 11 is 0. The molecule has 0 amide bonds. The molecular weight excluding hydrogens is 408 g/mol. The normalized spacial score (nSPS) is 18.5. The summed E-state index contributed by atoms with van der Waals surface area (Å²) in [5.41, 5.74) is 3.57. The van der Waals surface area contributed by atoms with E-state index in [1.807, 2.05) is 0 Å². The highest BCUT2D eigenvalue weighted by molar-refractivity contribution is 5.93. The maximum absolute atomic E-state index is 5.73. The molecule has 0 radical (unpaired) electrons. The fraction of sp³-hybridized carbons (Fsp3) is 0.464. The number of benzene rings is 2. The van der Waals surface area contributed by atoms with E-state index in [1.165, 1.54) is 42.3 Å². The minimum Gasteiger partial charge on any atom is -0.491 e. The lowest BCUT2D eigenvalue weighted by Gasteiger charge is -2.30. The molecule has 0 unspecified atom stereocenters. The van der Waals surface area contributed by atoms with Crippen molar-refractivity contribution in [2.45, 2.75) is 58.2 Å². The van der Waals surface area contributed by atoms with Crippen LogP contribution in [0.5, 0.6) is 5.75 Å². The molecule has 5 nitrogen and oxygen atoms in total. The van der Waals surface area contributed by atoms with Crippen molar-refractivity contribution in [3.63, 3.8) is 0 Å². The van der Waals surface area contributed by atoms with Crippen LogP contribution in [0.2, 0.25) is 0 Å². The molecule has 176 valence electrons. The third-order valence-electron chi connectivity index (χ3n) is 6.43. The van der Waals surface area contributed by atoms with Gasteiger partial charge in [-0.1, -0.05) is 30.3 Å². The van der Waals surface area contributed by atoms with E-state index in [0.717, 1.165) is 36.1 Å². The lowest BCUT2D eigenvalue weighted by molar-refractivity contribution is 0.242. The van der Waals surface area contributed by atoms with Crippen LogP contribution >= 0.6 is 0 Å². The van der Waals surface area contributed by atoms with Crippen LogP contribution in [-0.4, -0.2) is 37.8 Å². The predicted octanol–water partition coefficient (Wildman–Crippen LogP) is 5.85. The van der Waals surface area contributed by atoms with E-state index in [0.29, 0.717) is 6.04 Å². The highest BCUT2D eigenvalue weighted by Crippen LogP contribution is 2.30. The maximum atomic E-state index is 5.73. The Kier molecular flexibility index (Phi) is 7.71. The van der Waals surface area contributed by atoms with Gasteiger partial charge in [-0.25, -0.2) is 4.98 Å². The van der Waals surface area contributed by atoms with E-state index in [-0.39, 0.29) is 6.10 Å². The molecule has 1 heterocycles. The van der Waals surface area contributed by atoms with Crippen molar-refractivity contribution in [1.82, 2.24) is 10.3 Å². The topological polar surface area (TPSA) is 49.4 Å². The van der Waals surface area contributed by atoms with Crippen LogP contribution in [0.1, 0.15) is 45.1 Å². The molecule has 0 bridgehead atoms. The molecule has 4 rings (SSSR count). The smallest absolute Gasteiger partial charge is 0.128 e. The van der Waals surface area contributed by atoms with E-state index in [1.54, 1.807) is 0 Å². The van der Waals surface area contributed by atoms with Crippen LogP contribution in [0.4, 0.5) is 11.5 Å². The molecule has 1 saturated carbocycles. The summed E-state index contributed by atoms with van der Waals surface area (Å²) < 4.78 is 5.73. The van der Waals surface area contributed by atoms with Crippen molar-refractivity contribution in [2.24, 2.45) is 5.92 Å². The SMILES string of the molecule is CC(C)Oc1ccc(CNC[C@H]2CC[C@@H](Nc3cc(N(C)C)c4ccccc4n3)CC2)cc1. The summed E-state index contributed by atoms with van der Waals surface area (Å²) in [6.45, 7) is 6.10. The Balaban J connectivity index is 1.24. The first-order chi connectivity index (χ1) is 16.0. The Morgan fingerprint density at radius 2 is 1.73 bits per heavy atom. The largest absolute Gasteiger partial charge is 0.491 e. The molecule has 33 heavy (non-hydrogen) atoms. The van der Waals surface area contributed by atoms with E-state index in [4.69, 9.17) is 9.72 Å². The molecule has 1 aliphatic rings. The number of nitrogens with one attached hydrogen (secondary N) is 2. The first-order valence-corrected chi connectivity index (χ1v) is 12.3. The molecule has 1 aliphatic carbocycles. The van der Waals surface area contributed by atoms with Gasteiger partial charge < -0.3 is 20.3 Å². The number of aromatic nitrogens is 1. The van der Waals surface area contributed by atoms with Gasteiger partial charge in [0.25, 0.3) is 0 Å². The van der Waals surface area contributed by atoms with Gasteiger partial charge in [-0.05, 0) is 75.8 Å². The quantitative estimate of drug-likeness (QED) is 0.432. The Morgan fingerprint density at radius 3 is 2.42 bits per heavy atom. The number of nitrogens with zero attached hydrogens (tertiary/aromatic N) is 2. The lowest BCUT2D eigenvalue weighted by Crippen LogP contribution is -2.31. The van der Waals surface area contributed by atoms with Gasteiger partial charge in [0.2, 0.25) is 0 Å². The van der Waals surface area contributed by atoms with Gasteiger partial charge in [0.1, 0.15) is 11.6 Å². The summed E-state index contributed by atoms with van der Waals surface area (Å²) in [5, 5.41) is 8.58. The number of rotatable bonds is 9. The molecule has 0 aliphatic heterocycles. The maximum Gasteiger partial charge on any atom is 0.128 e. The van der Waals surface area contributed by atoms with Crippen molar-refractivity contribution in [1.29, 1.82) is 0 Å². The standard InChI is InChI=1S/C28H38N4O/c1-20(2)33-24-15-11-22(12-16-24)19-29-18-21-9-13-23(14-10-21)30-28-17-27(32(3)4)25-7-5-6-8-26(25)31-28/h5-8,11-12,15-17,20-21,23,29H,9-10,13-14,18-19H2,1-4H3,(H,30,31)/t21-,23+. The van der Waals surface area contributed by atoms with Crippen molar-refractivity contribution < 1.29 is 4.74 Å². The Bertz CT molecular complexity index is 1020. The first kappa shape index (κ1) is 23.4. The number of pyridine rings is 1. The summed E-state index contributed by atoms with van der Waals surface area (Å²) in [7, 11) is 4.19. The molecule has 5 heteroatoms. The molecular formula is C28H38N4O. The van der Waals surface area contributed by atoms with Gasteiger partial charge in [0.05, 0.1) is 11.6 Å². The zero-order valence-corrected chi connectivity index (χ0v) is 20.5. The van der Waals surface area contributed by atoms with Gasteiger partial charge in [-0.15, -0.1) is 0 Å². The fourth-order valence-electron chi connectivity index (χ4n) is 4.70. The second-order valence-corrected chi connectivity index (χ2v) is 9.74. The van der Waals surface area contributed by atoms with Gasteiger partial charge in [0.15, 0.2) is 0 Å². The van der Waals surface area contributed by atoms with Crippen LogP contribution in [-0.2, 0) is 6.54 Å². The Morgan fingerprint density at radius 1 is 1.00 bits per heavy atom. The number of para-hydroxylation sites is 1. The molecule has 2 aromatic carbocycles. The van der Waals surface area contributed by atoms with Crippen molar-refractivity contribution >= 4 is 22.4 Å². The number of anilines is 2. The fourth-order valence-corrected chi connectivity index (χ4v) is 4.70. The van der Waals surface area contributed by atoms with Crippen LogP contribution < -0.4 is 20.3 Å². The average molecular weight is 447 g/mol. The van der Waals surface area contributed by atoms with Crippen LogP contribution in [0, 0.1) is 5.92 Å². The summed E-state index contributed by atoms with van der Waals surface area (Å²) in [4.78, 5) is 7.05. The molecule has 0 spiro atoms. The third-order valence-corrected chi connectivity index (χ3v) is 6.43. The molecule has 0 atom stereocenters. The molecule has 1 fully saturated rings. The number of hydrogen-bond acceptors (Lipinski definition) is 5. The van der Waals surface area contributed by atoms with Crippen LogP contribution in [0.15, 0.2) is 54.6 Å². The van der Waals surface area contributed by atoms with Gasteiger partial charge in [-0.2, -0.15) is 0 Å². The highest BCUT2D eigenvalue weighted by atomic mass is 16.5. The van der Waals surface area contributed by atoms with Gasteiger partial charge in [-0.3, -0.25) is 0 Å². The molecule has 1 aromatic heterocycles. The summed E-state index contributed by atoms with van der Waals surface area (Å²) in [5.74, 6) is 2.68. The Hall–Kier alpha value is -2.79. The number of fused-ring (bicyclic) bond motifs is 1. The molecule has 0 saturated heterocycles.